The molecular weight excluding hydrogens is 521 g/mol. The van der Waals surface area contributed by atoms with Gasteiger partial charge in [0.25, 0.3) is 0 Å². The first kappa shape index (κ1) is 26.3. The Morgan fingerprint density at radius 2 is 1.84 bits per heavy atom. The molecule has 0 radical (unpaired) electrons. The summed E-state index contributed by atoms with van der Waals surface area (Å²) in [6.45, 7) is 11.8. The van der Waals surface area contributed by atoms with Crippen molar-refractivity contribution >= 4 is 29.9 Å². The van der Waals surface area contributed by atoms with Crippen LogP contribution in [0.25, 0.3) is 0 Å². The molecule has 1 aliphatic rings. The summed E-state index contributed by atoms with van der Waals surface area (Å²) in [7, 11) is 3.64. The van der Waals surface area contributed by atoms with E-state index in [2.05, 4.69) is 39.6 Å². The summed E-state index contributed by atoms with van der Waals surface area (Å²) >= 11 is 0. The van der Waals surface area contributed by atoms with Gasteiger partial charge in [0.1, 0.15) is 11.6 Å². The number of morpholine rings is 1. The van der Waals surface area contributed by atoms with Crippen molar-refractivity contribution in [3.63, 3.8) is 0 Å². The number of benzene rings is 1. The third-order valence-corrected chi connectivity index (χ3v) is 5.73. The molecule has 1 fully saturated rings. The molecule has 32 heavy (non-hydrogen) atoms. The van der Waals surface area contributed by atoms with Gasteiger partial charge in [0, 0.05) is 32.2 Å². The topological polar surface area (TPSA) is 88.8 Å². The fourth-order valence-electron chi connectivity index (χ4n) is 3.42. The zero-order valence-electron chi connectivity index (χ0n) is 19.7. The van der Waals surface area contributed by atoms with E-state index in [4.69, 9.17) is 14.5 Å². The largest absolute Gasteiger partial charge is 0.497 e. The predicted molar refractivity (Wildman–Crippen MR) is 137 cm³/mol. The number of aliphatic imine (C=N–C) groups is 1. The van der Waals surface area contributed by atoms with Gasteiger partial charge in [0.15, 0.2) is 11.8 Å². The summed E-state index contributed by atoms with van der Waals surface area (Å²) in [6, 6.07) is 7.97. The number of nitrogens with zero attached hydrogens (tertiary/aromatic N) is 5. The number of ether oxygens (including phenoxy) is 2. The minimum absolute atomic E-state index is 0. The smallest absolute Gasteiger partial charge is 0.192 e. The fraction of sp³-hybridized carbons (Fsp3) is 0.591. The van der Waals surface area contributed by atoms with Crippen LogP contribution in [0.5, 0.6) is 5.75 Å². The fourth-order valence-corrected chi connectivity index (χ4v) is 3.42. The first-order valence-electron chi connectivity index (χ1n) is 10.7. The number of guanidine groups is 1. The first-order valence-corrected chi connectivity index (χ1v) is 10.7. The van der Waals surface area contributed by atoms with Crippen LogP contribution in [0.3, 0.4) is 0 Å². The minimum Gasteiger partial charge on any atom is -0.497 e. The molecule has 0 saturated carbocycles. The predicted octanol–water partition coefficient (Wildman–Crippen LogP) is 2.10. The van der Waals surface area contributed by atoms with Crippen LogP contribution in [0, 0.1) is 6.92 Å². The third-order valence-electron chi connectivity index (χ3n) is 5.73. The van der Waals surface area contributed by atoms with E-state index in [1.807, 2.05) is 42.8 Å². The van der Waals surface area contributed by atoms with Crippen LogP contribution in [0.1, 0.15) is 31.1 Å². The summed E-state index contributed by atoms with van der Waals surface area (Å²) in [5.74, 6) is 3.34. The van der Waals surface area contributed by atoms with Gasteiger partial charge in [-0.05, 0) is 38.5 Å². The van der Waals surface area contributed by atoms with Crippen molar-refractivity contribution in [3.05, 3.63) is 41.5 Å². The molecule has 9 nitrogen and oxygen atoms in total. The van der Waals surface area contributed by atoms with Gasteiger partial charge >= 0.3 is 0 Å². The number of hydrogen-bond donors (Lipinski definition) is 2. The Balaban J connectivity index is 0.00000363. The standard InChI is InChI=1S/C22H35N7O2.HI/c1-17-26-27-20(28(17)4)15-24-21(23-14-18-6-8-19(30-5)9-7-18)25-16-22(2,3)29-10-12-31-13-11-29;/h6-9H,10-16H2,1-5H3,(H2,23,24,25);1H. The second-order valence-corrected chi connectivity index (χ2v) is 8.35. The Labute approximate surface area is 208 Å². The molecule has 2 aromatic rings. The van der Waals surface area contributed by atoms with Crippen LogP contribution in [0.15, 0.2) is 29.3 Å². The first-order chi connectivity index (χ1) is 14.9. The lowest BCUT2D eigenvalue weighted by atomic mass is 10.0. The molecule has 0 aliphatic carbocycles. The van der Waals surface area contributed by atoms with Gasteiger partial charge in [-0.15, -0.1) is 34.2 Å². The molecule has 1 aromatic heterocycles. The van der Waals surface area contributed by atoms with Crippen LogP contribution >= 0.6 is 24.0 Å². The molecule has 0 atom stereocenters. The van der Waals surface area contributed by atoms with Gasteiger partial charge in [0.2, 0.25) is 0 Å². The van der Waals surface area contributed by atoms with E-state index in [-0.39, 0.29) is 29.5 Å². The molecule has 0 amide bonds. The second kappa shape index (κ2) is 12.4. The number of methoxy groups -OCH3 is 1. The van der Waals surface area contributed by atoms with Gasteiger partial charge in [-0.2, -0.15) is 0 Å². The highest BCUT2D eigenvalue weighted by Crippen LogP contribution is 2.15. The van der Waals surface area contributed by atoms with E-state index >= 15 is 0 Å². The van der Waals surface area contributed by atoms with Crippen molar-refractivity contribution in [1.82, 2.24) is 30.3 Å². The average molecular weight is 557 g/mol. The number of nitrogens with one attached hydrogen (secondary N) is 2. The third kappa shape index (κ3) is 7.31. The Kier molecular flexibility index (Phi) is 10.2. The van der Waals surface area contributed by atoms with Gasteiger partial charge in [0.05, 0.1) is 33.4 Å². The van der Waals surface area contributed by atoms with Crippen LogP contribution < -0.4 is 15.4 Å². The molecule has 0 spiro atoms. The number of aromatic nitrogens is 3. The summed E-state index contributed by atoms with van der Waals surface area (Å²) in [4.78, 5) is 7.26. The summed E-state index contributed by atoms with van der Waals surface area (Å²) in [5, 5.41) is 15.3. The van der Waals surface area contributed by atoms with E-state index in [9.17, 15) is 0 Å². The maximum atomic E-state index is 5.50. The monoisotopic (exact) mass is 557 g/mol. The van der Waals surface area contributed by atoms with E-state index in [0.717, 1.165) is 61.8 Å². The van der Waals surface area contributed by atoms with Crippen molar-refractivity contribution in [2.45, 2.75) is 39.4 Å². The Morgan fingerprint density at radius 1 is 1.16 bits per heavy atom. The molecule has 2 N–H and O–H groups in total. The lowest BCUT2D eigenvalue weighted by molar-refractivity contribution is -0.00834. The average Bonchev–Trinajstić information content (AvgIpc) is 3.11. The summed E-state index contributed by atoms with van der Waals surface area (Å²) in [5.41, 5.74) is 1.09. The lowest BCUT2D eigenvalue weighted by Gasteiger charge is -2.41. The molecular formula is C22H36IN7O2. The van der Waals surface area contributed by atoms with Crippen LogP contribution in [0.4, 0.5) is 0 Å². The number of rotatable bonds is 8. The quantitative estimate of drug-likeness (QED) is 0.292. The van der Waals surface area contributed by atoms with E-state index < -0.39 is 0 Å². The highest BCUT2D eigenvalue weighted by atomic mass is 127. The van der Waals surface area contributed by atoms with Crippen LogP contribution in [0.2, 0.25) is 0 Å². The molecule has 10 heteroatoms. The lowest BCUT2D eigenvalue weighted by Crippen LogP contribution is -2.56. The molecule has 1 aliphatic heterocycles. The van der Waals surface area contributed by atoms with Crippen LogP contribution in [-0.4, -0.2) is 71.1 Å². The highest BCUT2D eigenvalue weighted by molar-refractivity contribution is 14.0. The van der Waals surface area contributed by atoms with Gasteiger partial charge in [-0.1, -0.05) is 12.1 Å². The number of aryl methyl sites for hydroxylation is 1. The SMILES string of the molecule is COc1ccc(CN=C(NCc2nnc(C)n2C)NCC(C)(C)N2CCOCC2)cc1.I. The van der Waals surface area contributed by atoms with Crippen molar-refractivity contribution in [1.29, 1.82) is 0 Å². The zero-order valence-corrected chi connectivity index (χ0v) is 22.1. The summed E-state index contributed by atoms with van der Waals surface area (Å²) in [6.07, 6.45) is 0. The Bertz CT molecular complexity index is 862. The molecule has 1 aromatic carbocycles. The van der Waals surface area contributed by atoms with Gasteiger partial charge in [-0.25, -0.2) is 4.99 Å². The number of hydrogen-bond acceptors (Lipinski definition) is 6. The zero-order chi connectivity index (χ0) is 22.3. The normalized spacial score (nSPS) is 15.2. The molecule has 3 rings (SSSR count). The molecule has 0 bridgehead atoms. The van der Waals surface area contributed by atoms with Gasteiger partial charge < -0.3 is 24.7 Å². The van der Waals surface area contributed by atoms with Crippen molar-refractivity contribution in [3.8, 4) is 5.75 Å². The van der Waals surface area contributed by atoms with E-state index in [1.165, 1.54) is 0 Å². The molecule has 2 heterocycles. The molecule has 0 unspecified atom stereocenters. The van der Waals surface area contributed by atoms with E-state index in [0.29, 0.717) is 13.1 Å². The van der Waals surface area contributed by atoms with Crippen molar-refractivity contribution in [2.24, 2.45) is 12.0 Å². The van der Waals surface area contributed by atoms with Gasteiger partial charge in [-0.3, -0.25) is 4.90 Å². The van der Waals surface area contributed by atoms with Crippen molar-refractivity contribution < 1.29 is 9.47 Å². The second-order valence-electron chi connectivity index (χ2n) is 8.35. The molecule has 178 valence electrons. The Hall–Kier alpha value is -1.92. The Morgan fingerprint density at radius 3 is 2.44 bits per heavy atom. The number of halogens is 1. The highest BCUT2D eigenvalue weighted by Gasteiger charge is 2.28. The van der Waals surface area contributed by atoms with E-state index in [1.54, 1.807) is 7.11 Å². The summed E-state index contributed by atoms with van der Waals surface area (Å²) < 4.78 is 12.7. The maximum absolute atomic E-state index is 5.50. The molecule has 1 saturated heterocycles. The maximum Gasteiger partial charge on any atom is 0.192 e. The van der Waals surface area contributed by atoms with Crippen molar-refractivity contribution in [2.75, 3.05) is 40.0 Å². The minimum atomic E-state index is -0.0201. The van der Waals surface area contributed by atoms with Crippen LogP contribution in [-0.2, 0) is 24.9 Å².